The Balaban J connectivity index is 2.44. The van der Waals surface area contributed by atoms with Crippen molar-refractivity contribution in [3.8, 4) is 12.3 Å². The van der Waals surface area contributed by atoms with Crippen molar-refractivity contribution in [1.82, 2.24) is 10.3 Å². The van der Waals surface area contributed by atoms with E-state index in [1.165, 1.54) is 5.39 Å². The van der Waals surface area contributed by atoms with Crippen LogP contribution < -0.4 is 10.2 Å². The number of nitrogens with zero attached hydrogens (tertiary/aromatic N) is 2. The van der Waals surface area contributed by atoms with E-state index < -0.39 is 0 Å². The van der Waals surface area contributed by atoms with Gasteiger partial charge in [-0.3, -0.25) is 0 Å². The van der Waals surface area contributed by atoms with Crippen LogP contribution in [0.1, 0.15) is 19.5 Å². The normalized spacial score (nSPS) is 10.8. The molecular weight excluding hydrogens is 246 g/mol. The van der Waals surface area contributed by atoms with Gasteiger partial charge in [0.25, 0.3) is 0 Å². The van der Waals surface area contributed by atoms with Gasteiger partial charge in [-0.1, -0.05) is 44.0 Å². The van der Waals surface area contributed by atoms with E-state index >= 15 is 0 Å². The van der Waals surface area contributed by atoms with Crippen molar-refractivity contribution in [1.29, 1.82) is 0 Å². The minimum atomic E-state index is 0.440. The predicted molar refractivity (Wildman–Crippen MR) is 85.8 cm³/mol. The molecule has 104 valence electrons. The lowest BCUT2D eigenvalue weighted by molar-refractivity contribution is 0.582. The average Bonchev–Trinajstić information content (AvgIpc) is 2.44. The molecule has 0 aliphatic heterocycles. The van der Waals surface area contributed by atoms with Crippen LogP contribution in [0, 0.1) is 12.3 Å². The maximum atomic E-state index is 5.42. The van der Waals surface area contributed by atoms with Gasteiger partial charge in [0.05, 0.1) is 12.2 Å². The monoisotopic (exact) mass is 267 g/mol. The molecule has 0 radical (unpaired) electrons. The van der Waals surface area contributed by atoms with Crippen LogP contribution in [0.4, 0.5) is 5.82 Å². The number of terminal acetylenes is 1. The summed E-state index contributed by atoms with van der Waals surface area (Å²) in [6.45, 7) is 5.58. The highest BCUT2D eigenvalue weighted by Crippen LogP contribution is 2.24. The molecule has 2 aromatic rings. The largest absolute Gasteiger partial charge is 0.348 e. The van der Waals surface area contributed by atoms with Crippen LogP contribution in [0.15, 0.2) is 30.3 Å². The molecule has 3 heteroatoms. The summed E-state index contributed by atoms with van der Waals surface area (Å²) in [4.78, 5) is 6.77. The van der Waals surface area contributed by atoms with E-state index in [-0.39, 0.29) is 0 Å². The molecule has 0 spiro atoms. The number of fused-ring (bicyclic) bond motifs is 1. The van der Waals surface area contributed by atoms with Crippen LogP contribution in [0.3, 0.4) is 0 Å². The lowest BCUT2D eigenvalue weighted by Gasteiger charge is -2.19. The highest BCUT2D eigenvalue weighted by molar-refractivity contribution is 5.92. The molecular formula is C17H21N3. The third-order valence-corrected chi connectivity index (χ3v) is 3.15. The van der Waals surface area contributed by atoms with Crippen molar-refractivity contribution in [3.63, 3.8) is 0 Å². The van der Waals surface area contributed by atoms with Crippen molar-refractivity contribution in [3.05, 3.63) is 36.0 Å². The fraction of sp³-hybridized carbons (Fsp3) is 0.353. The highest BCUT2D eigenvalue weighted by Gasteiger charge is 2.09. The Bertz CT molecular complexity index is 626. The van der Waals surface area contributed by atoms with Crippen molar-refractivity contribution in [2.45, 2.75) is 26.4 Å². The van der Waals surface area contributed by atoms with Crippen LogP contribution in [-0.4, -0.2) is 24.6 Å². The fourth-order valence-corrected chi connectivity index (χ4v) is 2.14. The molecule has 0 unspecified atom stereocenters. The molecule has 0 fully saturated rings. The van der Waals surface area contributed by atoms with Gasteiger partial charge in [-0.05, 0) is 11.5 Å². The summed E-state index contributed by atoms with van der Waals surface area (Å²) in [6.07, 6.45) is 5.42. The number of benzene rings is 1. The lowest BCUT2D eigenvalue weighted by atomic mass is 10.1. The van der Waals surface area contributed by atoms with E-state index in [2.05, 4.69) is 43.3 Å². The Labute approximate surface area is 121 Å². The van der Waals surface area contributed by atoms with Crippen molar-refractivity contribution in [2.24, 2.45) is 0 Å². The van der Waals surface area contributed by atoms with E-state index in [1.54, 1.807) is 0 Å². The van der Waals surface area contributed by atoms with E-state index in [0.717, 1.165) is 23.4 Å². The van der Waals surface area contributed by atoms with E-state index in [4.69, 9.17) is 11.4 Å². The van der Waals surface area contributed by atoms with Gasteiger partial charge in [0, 0.05) is 25.0 Å². The summed E-state index contributed by atoms with van der Waals surface area (Å²) in [5.41, 5.74) is 1.04. The molecule has 0 amide bonds. The smallest absolute Gasteiger partial charge is 0.137 e. The molecule has 0 saturated carbocycles. The average molecular weight is 267 g/mol. The summed E-state index contributed by atoms with van der Waals surface area (Å²) in [5, 5.41) is 5.74. The van der Waals surface area contributed by atoms with Gasteiger partial charge < -0.3 is 10.2 Å². The first-order valence-electron chi connectivity index (χ1n) is 6.88. The Morgan fingerprint density at radius 3 is 2.80 bits per heavy atom. The van der Waals surface area contributed by atoms with Gasteiger partial charge in [-0.2, -0.15) is 0 Å². The van der Waals surface area contributed by atoms with Crippen molar-refractivity contribution in [2.75, 3.05) is 18.5 Å². The highest BCUT2D eigenvalue weighted by atomic mass is 15.2. The van der Waals surface area contributed by atoms with Crippen LogP contribution in [0.25, 0.3) is 10.8 Å². The maximum Gasteiger partial charge on any atom is 0.137 e. The summed E-state index contributed by atoms with van der Waals surface area (Å²) in [5.74, 6) is 3.62. The number of aromatic nitrogens is 1. The van der Waals surface area contributed by atoms with Crippen LogP contribution in [0.2, 0.25) is 0 Å². The molecule has 1 aromatic carbocycles. The van der Waals surface area contributed by atoms with Gasteiger partial charge in [0.1, 0.15) is 5.82 Å². The number of hydrogen-bond donors (Lipinski definition) is 1. The summed E-state index contributed by atoms with van der Waals surface area (Å²) >= 11 is 0. The van der Waals surface area contributed by atoms with Gasteiger partial charge in [-0.15, -0.1) is 6.42 Å². The quantitative estimate of drug-likeness (QED) is 0.844. The first kappa shape index (κ1) is 14.4. The van der Waals surface area contributed by atoms with E-state index in [1.807, 2.05) is 24.1 Å². The van der Waals surface area contributed by atoms with E-state index in [9.17, 15) is 0 Å². The minimum Gasteiger partial charge on any atom is -0.348 e. The number of rotatable bonds is 5. The molecule has 0 aliphatic carbocycles. The molecule has 0 aliphatic rings. The molecule has 2 rings (SSSR count). The second kappa shape index (κ2) is 6.40. The molecule has 0 saturated heterocycles. The standard InChI is InChI=1S/C17H21N3/c1-5-10-20(4)17-16-9-7-6-8-14(16)11-15(19-17)12-18-13(2)3/h1,6-9,11,13,18H,10,12H2,2-4H3. The van der Waals surface area contributed by atoms with Gasteiger partial charge >= 0.3 is 0 Å². The second-order valence-electron chi connectivity index (χ2n) is 5.25. The van der Waals surface area contributed by atoms with Gasteiger partial charge in [0.15, 0.2) is 0 Å². The Morgan fingerprint density at radius 1 is 1.35 bits per heavy atom. The summed E-state index contributed by atoms with van der Waals surface area (Å²) < 4.78 is 0. The first-order valence-corrected chi connectivity index (χ1v) is 6.88. The molecule has 1 N–H and O–H groups in total. The molecule has 0 atom stereocenters. The van der Waals surface area contributed by atoms with Gasteiger partial charge in [-0.25, -0.2) is 4.98 Å². The minimum absolute atomic E-state index is 0.440. The van der Waals surface area contributed by atoms with Crippen LogP contribution in [-0.2, 0) is 6.54 Å². The second-order valence-corrected chi connectivity index (χ2v) is 5.25. The van der Waals surface area contributed by atoms with Crippen molar-refractivity contribution >= 4 is 16.6 Å². The Morgan fingerprint density at radius 2 is 2.10 bits per heavy atom. The van der Waals surface area contributed by atoms with Crippen LogP contribution in [0.5, 0.6) is 0 Å². The molecule has 0 bridgehead atoms. The summed E-state index contributed by atoms with van der Waals surface area (Å²) in [6, 6.07) is 10.9. The maximum absolute atomic E-state index is 5.42. The zero-order valence-electron chi connectivity index (χ0n) is 12.4. The number of nitrogens with one attached hydrogen (secondary N) is 1. The Hall–Kier alpha value is -2.05. The zero-order valence-corrected chi connectivity index (χ0v) is 12.4. The molecule has 3 nitrogen and oxygen atoms in total. The third kappa shape index (κ3) is 3.28. The predicted octanol–water partition coefficient (Wildman–Crippen LogP) is 2.80. The SMILES string of the molecule is C#CCN(C)c1nc(CNC(C)C)cc2ccccc12. The van der Waals surface area contributed by atoms with Crippen molar-refractivity contribution < 1.29 is 0 Å². The first-order chi connectivity index (χ1) is 9.61. The third-order valence-electron chi connectivity index (χ3n) is 3.15. The molecule has 1 aromatic heterocycles. The molecule has 1 heterocycles. The topological polar surface area (TPSA) is 28.2 Å². The Kier molecular flexibility index (Phi) is 4.60. The lowest BCUT2D eigenvalue weighted by Crippen LogP contribution is -2.24. The zero-order chi connectivity index (χ0) is 14.5. The van der Waals surface area contributed by atoms with Gasteiger partial charge in [0.2, 0.25) is 0 Å². The molecule has 20 heavy (non-hydrogen) atoms. The van der Waals surface area contributed by atoms with Crippen LogP contribution >= 0.6 is 0 Å². The van der Waals surface area contributed by atoms with E-state index in [0.29, 0.717) is 12.6 Å². The number of pyridine rings is 1. The number of anilines is 1. The summed E-state index contributed by atoms with van der Waals surface area (Å²) in [7, 11) is 1.98. The number of hydrogen-bond acceptors (Lipinski definition) is 3. The fourth-order valence-electron chi connectivity index (χ4n) is 2.14.